The van der Waals surface area contributed by atoms with Crippen LogP contribution in [0.4, 0.5) is 0 Å². The number of benzene rings is 1. The number of imidazole rings is 2. The van der Waals surface area contributed by atoms with Gasteiger partial charge in [0.2, 0.25) is 6.33 Å². The molecule has 134 valence electrons. The van der Waals surface area contributed by atoms with E-state index in [0.717, 1.165) is 64.4 Å². The second-order valence-corrected chi connectivity index (χ2v) is 7.41. The normalized spacial score (nSPS) is 12.8. The minimum absolute atomic E-state index is 0.0513. The molecular formula is C19H26N4OS. The zero-order chi connectivity index (χ0) is 17.8. The number of aromatic amines is 1. The maximum atomic E-state index is 12.4. The molecule has 3 rings (SSSR count). The van der Waals surface area contributed by atoms with E-state index in [0.29, 0.717) is 0 Å². The maximum Gasteiger partial charge on any atom is 0.247 e. The maximum absolute atomic E-state index is 12.4. The molecule has 2 heterocycles. The number of para-hydroxylation sites is 2. The van der Waals surface area contributed by atoms with Crippen LogP contribution in [-0.4, -0.2) is 26.5 Å². The molecule has 0 amide bonds. The Kier molecular flexibility index (Phi) is 5.68. The molecule has 25 heavy (non-hydrogen) atoms. The van der Waals surface area contributed by atoms with Crippen molar-refractivity contribution >= 4 is 22.8 Å². The fraction of sp³-hybridized carbons (Fsp3) is 0.474. The molecule has 1 atom stereocenters. The van der Waals surface area contributed by atoms with Crippen LogP contribution in [0, 0.1) is 12.1 Å². The van der Waals surface area contributed by atoms with E-state index in [2.05, 4.69) is 22.7 Å². The number of thioether (sulfide) groups is 1. The van der Waals surface area contributed by atoms with Gasteiger partial charge >= 0.3 is 0 Å². The van der Waals surface area contributed by atoms with Gasteiger partial charge in [-0.25, -0.2) is 14.3 Å². The highest BCUT2D eigenvalue weighted by atomic mass is 32.2. The summed E-state index contributed by atoms with van der Waals surface area (Å²) in [6.07, 6.45) is 7.69. The molecule has 0 aliphatic heterocycles. The van der Waals surface area contributed by atoms with E-state index in [4.69, 9.17) is 4.98 Å². The fourth-order valence-electron chi connectivity index (χ4n) is 3.29. The number of nitrogens with zero attached hydrogens (tertiary/aromatic N) is 3. The third kappa shape index (κ3) is 3.68. The number of aromatic nitrogens is 4. The lowest BCUT2D eigenvalue weighted by atomic mass is 10.1. The van der Waals surface area contributed by atoms with Crippen molar-refractivity contribution in [2.24, 2.45) is 0 Å². The monoisotopic (exact) mass is 358 g/mol. The number of H-pyrrole nitrogens is 1. The summed E-state index contributed by atoms with van der Waals surface area (Å²) >= 11 is 1.82. The summed E-state index contributed by atoms with van der Waals surface area (Å²) in [5, 5.41) is 12.4. The zero-order valence-electron chi connectivity index (χ0n) is 15.2. The van der Waals surface area contributed by atoms with Gasteiger partial charge in [0, 0.05) is 19.8 Å². The molecule has 0 spiro atoms. The van der Waals surface area contributed by atoms with Crippen LogP contribution in [0.3, 0.4) is 0 Å². The number of fused-ring (bicyclic) bond motifs is 1. The van der Waals surface area contributed by atoms with Gasteiger partial charge in [0.1, 0.15) is 11.4 Å². The van der Waals surface area contributed by atoms with E-state index in [1.54, 1.807) is 6.33 Å². The second kappa shape index (κ2) is 7.95. The van der Waals surface area contributed by atoms with Gasteiger partial charge in [-0.1, -0.05) is 25.5 Å². The van der Waals surface area contributed by atoms with Gasteiger partial charge in [-0.2, -0.15) is 11.8 Å². The molecule has 2 aromatic heterocycles. The van der Waals surface area contributed by atoms with Crippen LogP contribution in [-0.2, 0) is 6.42 Å². The summed E-state index contributed by atoms with van der Waals surface area (Å²) in [6, 6.07) is 8.12. The standard InChI is InChI=1S/C19H26N4OS/c1-4-5-10-17-14(2)22(13-23(17)24)18(11-12-25-3)19-20-15-8-6-7-9-16(15)21-19/h6-9,13,18H,4-5,10-12H2,1-3H3,(H,20,21). The number of hydrogen-bond acceptors (Lipinski definition) is 3. The van der Waals surface area contributed by atoms with E-state index in [-0.39, 0.29) is 6.04 Å². The quantitative estimate of drug-likeness (QED) is 0.489. The first-order chi connectivity index (χ1) is 12.2. The minimum atomic E-state index is 0.0513. The summed E-state index contributed by atoms with van der Waals surface area (Å²) < 4.78 is 3.14. The van der Waals surface area contributed by atoms with Crippen molar-refractivity contribution in [3.05, 3.63) is 53.0 Å². The van der Waals surface area contributed by atoms with Gasteiger partial charge in [-0.15, -0.1) is 0 Å². The summed E-state index contributed by atoms with van der Waals surface area (Å²) in [5.74, 6) is 1.94. The average molecular weight is 359 g/mol. The van der Waals surface area contributed by atoms with Gasteiger partial charge in [-0.05, 0) is 30.6 Å². The third-order valence-electron chi connectivity index (χ3n) is 4.72. The van der Waals surface area contributed by atoms with Crippen LogP contribution in [0.2, 0.25) is 0 Å². The van der Waals surface area contributed by atoms with E-state index in [1.165, 1.54) is 0 Å². The van der Waals surface area contributed by atoms with Crippen LogP contribution in [0.15, 0.2) is 30.6 Å². The SMILES string of the molecule is CCCCc1c(C)n(C(CCSC)c2nc3ccccc3[nH]2)c[n+]1[O-]. The second-order valence-electron chi connectivity index (χ2n) is 6.42. The minimum Gasteiger partial charge on any atom is -0.711 e. The number of nitrogens with one attached hydrogen (secondary N) is 1. The van der Waals surface area contributed by atoms with Gasteiger partial charge in [0.15, 0.2) is 11.9 Å². The summed E-state index contributed by atoms with van der Waals surface area (Å²) in [5.41, 5.74) is 3.94. The number of hydrogen-bond donors (Lipinski definition) is 1. The molecule has 3 aromatic rings. The number of rotatable bonds is 8. The molecule has 1 N–H and O–H groups in total. The molecule has 0 saturated carbocycles. The summed E-state index contributed by atoms with van der Waals surface area (Å²) in [7, 11) is 0. The predicted octanol–water partition coefficient (Wildman–Crippen LogP) is 3.99. The van der Waals surface area contributed by atoms with Crippen LogP contribution >= 0.6 is 11.8 Å². The lowest BCUT2D eigenvalue weighted by Crippen LogP contribution is -2.28. The highest BCUT2D eigenvalue weighted by Gasteiger charge is 2.27. The Morgan fingerprint density at radius 3 is 2.88 bits per heavy atom. The van der Waals surface area contributed by atoms with Crippen LogP contribution < -0.4 is 4.73 Å². The summed E-state index contributed by atoms with van der Waals surface area (Å²) in [6.45, 7) is 4.20. The third-order valence-corrected chi connectivity index (χ3v) is 5.37. The average Bonchev–Trinajstić information content (AvgIpc) is 3.15. The first-order valence-corrected chi connectivity index (χ1v) is 10.3. The largest absolute Gasteiger partial charge is 0.711 e. The molecule has 0 radical (unpaired) electrons. The molecule has 0 fully saturated rings. The summed E-state index contributed by atoms with van der Waals surface area (Å²) in [4.78, 5) is 8.24. The van der Waals surface area contributed by atoms with Crippen molar-refractivity contribution in [3.63, 3.8) is 0 Å². The topological polar surface area (TPSA) is 60.5 Å². The van der Waals surface area contributed by atoms with Crippen molar-refractivity contribution in [3.8, 4) is 0 Å². The Balaban J connectivity index is 2.01. The lowest BCUT2D eigenvalue weighted by molar-refractivity contribution is -0.613. The Bertz CT molecular complexity index is 806. The van der Waals surface area contributed by atoms with E-state index in [9.17, 15) is 5.21 Å². The smallest absolute Gasteiger partial charge is 0.247 e. The Hall–Kier alpha value is -1.95. The van der Waals surface area contributed by atoms with E-state index >= 15 is 0 Å². The van der Waals surface area contributed by atoms with Gasteiger partial charge < -0.3 is 10.2 Å². The van der Waals surface area contributed by atoms with Gasteiger partial charge in [0.05, 0.1) is 11.0 Å². The molecule has 1 aromatic carbocycles. The first-order valence-electron chi connectivity index (χ1n) is 8.88. The highest BCUT2D eigenvalue weighted by molar-refractivity contribution is 7.98. The van der Waals surface area contributed by atoms with Crippen LogP contribution in [0.1, 0.15) is 49.4 Å². The molecule has 5 nitrogen and oxygen atoms in total. The molecule has 6 heteroatoms. The predicted molar refractivity (Wildman–Crippen MR) is 104 cm³/mol. The van der Waals surface area contributed by atoms with Gasteiger partial charge in [0.25, 0.3) is 0 Å². The Morgan fingerprint density at radius 1 is 1.36 bits per heavy atom. The lowest BCUT2D eigenvalue weighted by Gasteiger charge is -2.12. The molecule has 1 unspecified atom stereocenters. The van der Waals surface area contributed by atoms with Crippen molar-refractivity contribution in [1.82, 2.24) is 14.5 Å². The van der Waals surface area contributed by atoms with Crippen LogP contribution in [0.25, 0.3) is 11.0 Å². The van der Waals surface area contributed by atoms with Crippen molar-refractivity contribution < 1.29 is 4.73 Å². The molecule has 0 aliphatic rings. The Labute approximate surface area is 153 Å². The van der Waals surface area contributed by atoms with E-state index in [1.807, 2.05) is 43.0 Å². The molecule has 0 aliphatic carbocycles. The first kappa shape index (κ1) is 17.9. The van der Waals surface area contributed by atoms with Crippen molar-refractivity contribution in [1.29, 1.82) is 0 Å². The highest BCUT2D eigenvalue weighted by Crippen LogP contribution is 2.26. The van der Waals surface area contributed by atoms with Crippen molar-refractivity contribution in [2.75, 3.05) is 12.0 Å². The zero-order valence-corrected chi connectivity index (χ0v) is 16.0. The fourth-order valence-corrected chi connectivity index (χ4v) is 3.75. The Morgan fingerprint density at radius 2 is 2.16 bits per heavy atom. The van der Waals surface area contributed by atoms with E-state index < -0.39 is 0 Å². The molecular weight excluding hydrogens is 332 g/mol. The number of unbranched alkanes of at least 4 members (excludes halogenated alkanes) is 1. The van der Waals surface area contributed by atoms with Gasteiger partial charge in [-0.3, -0.25) is 0 Å². The van der Waals surface area contributed by atoms with Crippen LogP contribution in [0.5, 0.6) is 0 Å². The molecule has 0 bridgehead atoms. The van der Waals surface area contributed by atoms with Crippen molar-refractivity contribution in [2.45, 2.75) is 45.6 Å². The molecule has 0 saturated heterocycles.